The molecule has 0 aliphatic carbocycles. The van der Waals surface area contributed by atoms with Crippen molar-refractivity contribution in [2.24, 2.45) is 0 Å². The fraction of sp³-hybridized carbons (Fsp3) is 0.161. The second-order valence-corrected chi connectivity index (χ2v) is 9.59. The lowest BCUT2D eigenvalue weighted by Gasteiger charge is -2.31. The standard InChI is InChI=1S/C31H28Cl2N2O4/c1-38-26-17-13-23(14-18-26)20-35(29(36)21-39-28-10-6-5-9-27(28)33)30(24-7-3-2-4-8-24)31(37)34-19-22-11-15-25(32)16-12-22/h2-18,30H,19-21H2,1H3,(H,34,37)/t30-/m0/s1. The summed E-state index contributed by atoms with van der Waals surface area (Å²) in [7, 11) is 1.59. The number of amides is 2. The van der Waals surface area contributed by atoms with Gasteiger partial charge in [0.2, 0.25) is 5.91 Å². The van der Waals surface area contributed by atoms with Crippen molar-refractivity contribution in [3.05, 3.63) is 130 Å². The van der Waals surface area contributed by atoms with Crippen molar-refractivity contribution in [2.75, 3.05) is 13.7 Å². The second kappa shape index (κ2) is 13.7. The number of halogens is 2. The Balaban J connectivity index is 1.63. The summed E-state index contributed by atoms with van der Waals surface area (Å²) in [5.41, 5.74) is 2.38. The minimum absolute atomic E-state index is 0.169. The molecule has 39 heavy (non-hydrogen) atoms. The molecule has 200 valence electrons. The predicted octanol–water partition coefficient (Wildman–Crippen LogP) is 6.47. The molecule has 1 atom stereocenters. The first-order valence-corrected chi connectivity index (χ1v) is 13.1. The Hall–Kier alpha value is -4.00. The van der Waals surface area contributed by atoms with Crippen LogP contribution < -0.4 is 14.8 Å². The molecule has 0 heterocycles. The van der Waals surface area contributed by atoms with Crippen molar-refractivity contribution in [1.82, 2.24) is 10.2 Å². The van der Waals surface area contributed by atoms with Crippen LogP contribution in [0.3, 0.4) is 0 Å². The van der Waals surface area contributed by atoms with E-state index in [1.54, 1.807) is 43.5 Å². The molecule has 0 radical (unpaired) electrons. The molecule has 1 N–H and O–H groups in total. The zero-order chi connectivity index (χ0) is 27.6. The maximum absolute atomic E-state index is 13.7. The Labute approximate surface area is 238 Å². The highest BCUT2D eigenvalue weighted by Gasteiger charge is 2.32. The minimum Gasteiger partial charge on any atom is -0.497 e. The van der Waals surface area contributed by atoms with Gasteiger partial charge in [-0.25, -0.2) is 0 Å². The third-order valence-corrected chi connectivity index (χ3v) is 6.64. The molecule has 4 rings (SSSR count). The van der Waals surface area contributed by atoms with Gasteiger partial charge in [-0.3, -0.25) is 9.59 Å². The number of hydrogen-bond donors (Lipinski definition) is 1. The molecule has 0 bridgehead atoms. The maximum Gasteiger partial charge on any atom is 0.261 e. The number of nitrogens with one attached hydrogen (secondary N) is 1. The van der Waals surface area contributed by atoms with E-state index in [1.807, 2.05) is 66.7 Å². The largest absolute Gasteiger partial charge is 0.497 e. The smallest absolute Gasteiger partial charge is 0.261 e. The van der Waals surface area contributed by atoms with Crippen molar-refractivity contribution in [2.45, 2.75) is 19.1 Å². The van der Waals surface area contributed by atoms with Gasteiger partial charge in [-0.2, -0.15) is 0 Å². The molecule has 0 aromatic heterocycles. The number of carbonyl (C=O) groups is 2. The van der Waals surface area contributed by atoms with Crippen LogP contribution in [0.25, 0.3) is 0 Å². The van der Waals surface area contributed by atoms with Gasteiger partial charge >= 0.3 is 0 Å². The van der Waals surface area contributed by atoms with Crippen LogP contribution in [0.5, 0.6) is 11.5 Å². The molecular formula is C31H28Cl2N2O4. The normalized spacial score (nSPS) is 11.4. The average molecular weight is 563 g/mol. The van der Waals surface area contributed by atoms with Crippen molar-refractivity contribution in [1.29, 1.82) is 0 Å². The predicted molar refractivity (Wildman–Crippen MR) is 153 cm³/mol. The third kappa shape index (κ3) is 7.76. The van der Waals surface area contributed by atoms with Crippen molar-refractivity contribution >= 4 is 35.0 Å². The van der Waals surface area contributed by atoms with Gasteiger partial charge in [0.15, 0.2) is 6.61 Å². The van der Waals surface area contributed by atoms with E-state index >= 15 is 0 Å². The van der Waals surface area contributed by atoms with E-state index in [1.165, 1.54) is 4.90 Å². The number of hydrogen-bond acceptors (Lipinski definition) is 4. The summed E-state index contributed by atoms with van der Waals surface area (Å²) in [5.74, 6) is 0.386. The fourth-order valence-corrected chi connectivity index (χ4v) is 4.35. The van der Waals surface area contributed by atoms with E-state index in [2.05, 4.69) is 5.32 Å². The molecule has 0 aliphatic heterocycles. The summed E-state index contributed by atoms with van der Waals surface area (Å²) in [5, 5.41) is 3.99. The topological polar surface area (TPSA) is 67.9 Å². The molecule has 4 aromatic carbocycles. The van der Waals surface area contributed by atoms with Crippen LogP contribution in [0.15, 0.2) is 103 Å². The summed E-state index contributed by atoms with van der Waals surface area (Å²) >= 11 is 12.2. The summed E-state index contributed by atoms with van der Waals surface area (Å²) < 4.78 is 11.0. The number of rotatable bonds is 11. The van der Waals surface area contributed by atoms with E-state index in [0.29, 0.717) is 27.1 Å². The molecule has 8 heteroatoms. The molecule has 0 saturated heterocycles. The Morgan fingerprint density at radius 2 is 1.46 bits per heavy atom. The van der Waals surface area contributed by atoms with E-state index < -0.39 is 6.04 Å². The zero-order valence-electron chi connectivity index (χ0n) is 21.3. The van der Waals surface area contributed by atoms with Crippen LogP contribution >= 0.6 is 23.2 Å². The number of para-hydroxylation sites is 1. The molecule has 6 nitrogen and oxygen atoms in total. The number of nitrogens with zero attached hydrogens (tertiary/aromatic N) is 1. The van der Waals surface area contributed by atoms with Crippen molar-refractivity contribution in [3.63, 3.8) is 0 Å². The quantitative estimate of drug-likeness (QED) is 0.227. The first-order chi connectivity index (χ1) is 18.9. The highest BCUT2D eigenvalue weighted by Crippen LogP contribution is 2.27. The van der Waals surface area contributed by atoms with Gasteiger partial charge in [-0.1, -0.05) is 89.9 Å². The number of benzene rings is 4. The van der Waals surface area contributed by atoms with Crippen LogP contribution in [0.1, 0.15) is 22.7 Å². The lowest BCUT2D eigenvalue weighted by atomic mass is 10.0. The van der Waals surface area contributed by atoms with Crippen molar-refractivity contribution < 1.29 is 19.1 Å². The van der Waals surface area contributed by atoms with Gasteiger partial charge in [0, 0.05) is 18.1 Å². The number of ether oxygens (including phenoxy) is 2. The monoisotopic (exact) mass is 562 g/mol. The highest BCUT2D eigenvalue weighted by molar-refractivity contribution is 6.32. The Bertz CT molecular complexity index is 1380. The summed E-state index contributed by atoms with van der Waals surface area (Å²) in [6, 6.07) is 29.8. The minimum atomic E-state index is -0.914. The molecule has 0 saturated carbocycles. The highest BCUT2D eigenvalue weighted by atomic mass is 35.5. The number of carbonyl (C=O) groups excluding carboxylic acids is 2. The second-order valence-electron chi connectivity index (χ2n) is 8.75. The Morgan fingerprint density at radius 3 is 2.13 bits per heavy atom. The molecule has 2 amide bonds. The van der Waals surface area contributed by atoms with E-state index in [4.69, 9.17) is 32.7 Å². The molecule has 0 spiro atoms. The van der Waals surface area contributed by atoms with Gasteiger partial charge in [-0.15, -0.1) is 0 Å². The lowest BCUT2D eigenvalue weighted by molar-refractivity contribution is -0.143. The molecule has 0 fully saturated rings. The molecule has 0 unspecified atom stereocenters. The van der Waals surface area contributed by atoms with E-state index in [0.717, 1.165) is 11.1 Å². The third-order valence-electron chi connectivity index (χ3n) is 6.08. The first kappa shape index (κ1) is 28.0. The maximum atomic E-state index is 13.7. The van der Waals surface area contributed by atoms with Gasteiger partial charge in [-0.05, 0) is 53.1 Å². The lowest BCUT2D eigenvalue weighted by Crippen LogP contribution is -2.45. The number of methoxy groups -OCH3 is 1. The zero-order valence-corrected chi connectivity index (χ0v) is 22.9. The summed E-state index contributed by atoms with van der Waals surface area (Å²) in [6.07, 6.45) is 0. The van der Waals surface area contributed by atoms with Crippen molar-refractivity contribution in [3.8, 4) is 11.5 Å². The first-order valence-electron chi connectivity index (χ1n) is 12.3. The summed E-state index contributed by atoms with van der Waals surface area (Å²) in [6.45, 7) is 0.149. The van der Waals surface area contributed by atoms with Crippen LogP contribution in [0.2, 0.25) is 10.0 Å². The Morgan fingerprint density at radius 1 is 0.821 bits per heavy atom. The van der Waals surface area contributed by atoms with E-state index in [-0.39, 0.29) is 31.5 Å². The fourth-order valence-electron chi connectivity index (χ4n) is 4.03. The van der Waals surface area contributed by atoms with Gasteiger partial charge in [0.25, 0.3) is 5.91 Å². The van der Waals surface area contributed by atoms with Crippen LogP contribution in [0, 0.1) is 0 Å². The Kier molecular flexibility index (Phi) is 9.84. The SMILES string of the molecule is COc1ccc(CN(C(=O)COc2ccccc2Cl)[C@H](C(=O)NCc2ccc(Cl)cc2)c2ccccc2)cc1. The van der Waals surface area contributed by atoms with Gasteiger partial charge in [0.05, 0.1) is 12.1 Å². The van der Waals surface area contributed by atoms with Crippen LogP contribution in [-0.4, -0.2) is 30.4 Å². The van der Waals surface area contributed by atoms with Gasteiger partial charge < -0.3 is 19.7 Å². The average Bonchev–Trinajstić information content (AvgIpc) is 2.97. The summed E-state index contributed by atoms with van der Waals surface area (Å²) in [4.78, 5) is 29.0. The molecular weight excluding hydrogens is 535 g/mol. The van der Waals surface area contributed by atoms with Crippen LogP contribution in [0.4, 0.5) is 0 Å². The van der Waals surface area contributed by atoms with E-state index in [9.17, 15) is 9.59 Å². The molecule has 0 aliphatic rings. The molecule has 4 aromatic rings. The van der Waals surface area contributed by atoms with Gasteiger partial charge in [0.1, 0.15) is 17.5 Å². The van der Waals surface area contributed by atoms with Crippen LogP contribution in [-0.2, 0) is 22.7 Å².